The average Bonchev–Trinajstić information content (AvgIpc) is 2.63. The van der Waals surface area contributed by atoms with Gasteiger partial charge in [0.05, 0.1) is 21.0 Å². The molecule has 6 nitrogen and oxygen atoms in total. The minimum absolute atomic E-state index is 0.00492. The molecule has 0 amide bonds. The van der Waals surface area contributed by atoms with E-state index in [1.165, 1.54) is 12.1 Å². The number of halogens is 1. The highest BCUT2D eigenvalue weighted by Crippen LogP contribution is 2.39. The predicted octanol–water partition coefficient (Wildman–Crippen LogP) is 6.22. The van der Waals surface area contributed by atoms with Crippen LogP contribution in [0.25, 0.3) is 22.3 Å². The Morgan fingerprint density at radius 1 is 0.704 bits per heavy atom. The first-order chi connectivity index (χ1) is 12.8. The van der Waals surface area contributed by atoms with Gasteiger partial charge in [0.15, 0.2) is 0 Å². The number of hydrogen-bond acceptors (Lipinski definition) is 4. The van der Waals surface area contributed by atoms with Gasteiger partial charge < -0.3 is 0 Å². The van der Waals surface area contributed by atoms with Crippen molar-refractivity contribution in [1.82, 2.24) is 0 Å². The maximum atomic E-state index is 11.5. The first-order valence-electron chi connectivity index (χ1n) is 8.09. The fraction of sp³-hybridized carbons (Fsp3) is 0.100. The van der Waals surface area contributed by atoms with Crippen molar-refractivity contribution in [2.45, 2.75) is 13.8 Å². The molecule has 0 radical (unpaired) electrons. The normalized spacial score (nSPS) is 10.6. The smallest absolute Gasteiger partial charge is 0.258 e. The number of aryl methyl sites for hydroxylation is 2. The molecule has 0 heterocycles. The fourth-order valence-corrected chi connectivity index (χ4v) is 3.49. The third-order valence-electron chi connectivity index (χ3n) is 4.41. The third kappa shape index (κ3) is 3.59. The van der Waals surface area contributed by atoms with Crippen LogP contribution >= 0.6 is 15.9 Å². The van der Waals surface area contributed by atoms with Crippen LogP contribution in [0.2, 0.25) is 0 Å². The van der Waals surface area contributed by atoms with Crippen LogP contribution in [0, 0.1) is 34.1 Å². The molecule has 3 rings (SSSR count). The highest BCUT2D eigenvalue weighted by Gasteiger charge is 2.21. The van der Waals surface area contributed by atoms with E-state index < -0.39 is 9.85 Å². The van der Waals surface area contributed by atoms with Crippen molar-refractivity contribution in [3.05, 3.63) is 90.4 Å². The van der Waals surface area contributed by atoms with E-state index in [2.05, 4.69) is 15.9 Å². The van der Waals surface area contributed by atoms with Crippen LogP contribution in [0.15, 0.2) is 59.1 Å². The molecule has 0 unspecified atom stereocenters. The highest BCUT2D eigenvalue weighted by atomic mass is 79.9. The Morgan fingerprint density at radius 2 is 1.22 bits per heavy atom. The van der Waals surface area contributed by atoms with Crippen LogP contribution in [0.1, 0.15) is 11.1 Å². The Morgan fingerprint density at radius 3 is 1.78 bits per heavy atom. The van der Waals surface area contributed by atoms with E-state index in [0.29, 0.717) is 15.6 Å². The molecule has 0 spiro atoms. The lowest BCUT2D eigenvalue weighted by Crippen LogP contribution is -1.97. The van der Waals surface area contributed by atoms with E-state index in [4.69, 9.17) is 0 Å². The molecule has 0 aliphatic carbocycles. The lowest BCUT2D eigenvalue weighted by Gasteiger charge is -2.13. The largest absolute Gasteiger partial charge is 0.278 e. The first kappa shape index (κ1) is 18.7. The lowest BCUT2D eigenvalue weighted by molar-refractivity contribution is -0.384. The van der Waals surface area contributed by atoms with Crippen molar-refractivity contribution in [1.29, 1.82) is 0 Å². The molecule has 0 aliphatic rings. The molecule has 3 aromatic rings. The van der Waals surface area contributed by atoms with E-state index in [9.17, 15) is 20.2 Å². The molecule has 7 heteroatoms. The van der Waals surface area contributed by atoms with Crippen molar-refractivity contribution in [2.24, 2.45) is 0 Å². The van der Waals surface area contributed by atoms with Crippen LogP contribution in [-0.4, -0.2) is 9.85 Å². The Labute approximate surface area is 163 Å². The first-order valence-corrected chi connectivity index (χ1v) is 8.88. The van der Waals surface area contributed by atoms with E-state index in [1.807, 2.05) is 26.0 Å². The molecule has 0 fully saturated rings. The molecular weight excluding hydrogens is 412 g/mol. The van der Waals surface area contributed by atoms with Crippen molar-refractivity contribution < 1.29 is 9.85 Å². The lowest BCUT2D eigenvalue weighted by atomic mass is 9.91. The highest BCUT2D eigenvalue weighted by molar-refractivity contribution is 9.10. The van der Waals surface area contributed by atoms with Gasteiger partial charge in [-0.15, -0.1) is 0 Å². The molecule has 0 N–H and O–H groups in total. The van der Waals surface area contributed by atoms with Crippen LogP contribution in [0.5, 0.6) is 0 Å². The summed E-state index contributed by atoms with van der Waals surface area (Å²) in [6, 6.07) is 15.2. The average molecular weight is 427 g/mol. The standard InChI is InChI=1S/C20H15BrN2O4/c1-12-10-18(16-8-7-14(21)11-20(16)23(26)27)13(2)9-17(12)15-5-3-4-6-19(15)22(24)25/h3-11H,1-2H3. The summed E-state index contributed by atoms with van der Waals surface area (Å²) in [4.78, 5) is 22.0. The van der Waals surface area contributed by atoms with Crippen molar-refractivity contribution in [3.8, 4) is 22.3 Å². The molecule has 136 valence electrons. The minimum Gasteiger partial charge on any atom is -0.258 e. The predicted molar refractivity (Wildman–Crippen MR) is 108 cm³/mol. The topological polar surface area (TPSA) is 86.3 Å². The number of nitrogens with zero attached hydrogens (tertiary/aromatic N) is 2. The Bertz CT molecular complexity index is 1080. The van der Waals surface area contributed by atoms with Gasteiger partial charge >= 0.3 is 0 Å². The van der Waals surface area contributed by atoms with E-state index in [1.54, 1.807) is 30.3 Å². The number of benzene rings is 3. The molecule has 0 saturated heterocycles. The number of rotatable bonds is 4. The summed E-state index contributed by atoms with van der Waals surface area (Å²) in [7, 11) is 0. The number of hydrogen-bond donors (Lipinski definition) is 0. The monoisotopic (exact) mass is 426 g/mol. The second kappa shape index (κ2) is 7.28. The molecule has 0 saturated carbocycles. The molecule has 0 atom stereocenters. The zero-order valence-electron chi connectivity index (χ0n) is 14.6. The van der Waals surface area contributed by atoms with Gasteiger partial charge in [0.2, 0.25) is 0 Å². The molecule has 27 heavy (non-hydrogen) atoms. The summed E-state index contributed by atoms with van der Waals surface area (Å²) < 4.78 is 0.629. The van der Waals surface area contributed by atoms with Crippen molar-refractivity contribution in [3.63, 3.8) is 0 Å². The summed E-state index contributed by atoms with van der Waals surface area (Å²) >= 11 is 3.27. The zero-order valence-corrected chi connectivity index (χ0v) is 16.2. The molecule has 0 aromatic heterocycles. The van der Waals surface area contributed by atoms with Crippen molar-refractivity contribution in [2.75, 3.05) is 0 Å². The second-order valence-electron chi connectivity index (χ2n) is 6.17. The minimum atomic E-state index is -0.412. The molecule has 3 aromatic carbocycles. The van der Waals surface area contributed by atoms with E-state index in [0.717, 1.165) is 22.3 Å². The van der Waals surface area contributed by atoms with Crippen LogP contribution in [-0.2, 0) is 0 Å². The summed E-state index contributed by atoms with van der Waals surface area (Å²) in [6.45, 7) is 3.69. The van der Waals surface area contributed by atoms with Crippen LogP contribution in [0.3, 0.4) is 0 Å². The van der Waals surface area contributed by atoms with Gasteiger partial charge in [-0.2, -0.15) is 0 Å². The summed E-state index contributed by atoms with van der Waals surface area (Å²) in [5.41, 5.74) is 4.16. The second-order valence-corrected chi connectivity index (χ2v) is 7.09. The SMILES string of the molecule is Cc1cc(-c2ccc(Br)cc2[N+](=O)[O-])c(C)cc1-c1ccccc1[N+](=O)[O-]. The van der Waals surface area contributed by atoms with Gasteiger partial charge in [0.25, 0.3) is 11.4 Å². The van der Waals surface area contributed by atoms with Crippen LogP contribution in [0.4, 0.5) is 11.4 Å². The number of nitro benzene ring substituents is 2. The fourth-order valence-electron chi connectivity index (χ4n) is 3.14. The van der Waals surface area contributed by atoms with Gasteiger partial charge in [-0.05, 0) is 54.3 Å². The molecule has 0 aliphatic heterocycles. The maximum absolute atomic E-state index is 11.5. The van der Waals surface area contributed by atoms with Gasteiger partial charge in [-0.3, -0.25) is 20.2 Å². The van der Waals surface area contributed by atoms with E-state index >= 15 is 0 Å². The van der Waals surface area contributed by atoms with E-state index in [-0.39, 0.29) is 11.4 Å². The summed E-state index contributed by atoms with van der Waals surface area (Å²) in [6.07, 6.45) is 0. The summed E-state index contributed by atoms with van der Waals surface area (Å²) in [5, 5.41) is 22.8. The summed E-state index contributed by atoms with van der Waals surface area (Å²) in [5.74, 6) is 0. The number of nitro groups is 2. The Hall–Kier alpha value is -3.06. The maximum Gasteiger partial charge on any atom is 0.278 e. The molecular formula is C20H15BrN2O4. The van der Waals surface area contributed by atoms with Gasteiger partial charge in [0, 0.05) is 16.6 Å². The van der Waals surface area contributed by atoms with Gasteiger partial charge in [-0.25, -0.2) is 0 Å². The zero-order chi connectivity index (χ0) is 19.7. The van der Waals surface area contributed by atoms with Gasteiger partial charge in [0.1, 0.15) is 0 Å². The van der Waals surface area contributed by atoms with Crippen LogP contribution < -0.4 is 0 Å². The van der Waals surface area contributed by atoms with Crippen molar-refractivity contribution >= 4 is 27.3 Å². The third-order valence-corrected chi connectivity index (χ3v) is 4.90. The van der Waals surface area contributed by atoms with Gasteiger partial charge in [-0.1, -0.05) is 40.2 Å². The molecule has 0 bridgehead atoms. The number of para-hydroxylation sites is 1. The Kier molecular flexibility index (Phi) is 5.05. The quantitative estimate of drug-likeness (QED) is 0.366. The Balaban J connectivity index is 2.22.